The molecule has 0 aromatic heterocycles. The molecule has 0 radical (unpaired) electrons. The van der Waals surface area contributed by atoms with Crippen LogP contribution < -0.4 is 9.46 Å². The van der Waals surface area contributed by atoms with E-state index in [1.807, 2.05) is 0 Å². The summed E-state index contributed by atoms with van der Waals surface area (Å²) in [6, 6.07) is 2.69. The first-order valence-corrected chi connectivity index (χ1v) is 7.08. The Kier molecular flexibility index (Phi) is 5.18. The Labute approximate surface area is 118 Å². The highest BCUT2D eigenvalue weighted by atomic mass is 32.2. The largest absolute Gasteiger partial charge is 0.573 e. The van der Waals surface area contributed by atoms with Gasteiger partial charge in [0.1, 0.15) is 5.75 Å². The molecule has 0 spiro atoms. The topological polar surface area (TPSA) is 92.7 Å². The fourth-order valence-corrected chi connectivity index (χ4v) is 2.70. The van der Waals surface area contributed by atoms with Crippen LogP contribution in [0, 0.1) is 0 Å². The number of carboxylic acids is 1. The van der Waals surface area contributed by atoms with Gasteiger partial charge in [0.25, 0.3) is 0 Å². The molecule has 0 saturated heterocycles. The molecule has 118 valence electrons. The van der Waals surface area contributed by atoms with Crippen LogP contribution in [-0.2, 0) is 14.8 Å². The maximum absolute atomic E-state index is 12.0. The van der Waals surface area contributed by atoms with Crippen molar-refractivity contribution in [3.63, 3.8) is 0 Å². The van der Waals surface area contributed by atoms with Crippen molar-refractivity contribution in [2.45, 2.75) is 30.6 Å². The minimum absolute atomic E-state index is 0.297. The summed E-state index contributed by atoms with van der Waals surface area (Å²) in [4.78, 5) is 10.2. The summed E-state index contributed by atoms with van der Waals surface area (Å²) >= 11 is 0. The van der Waals surface area contributed by atoms with Crippen LogP contribution in [0.2, 0.25) is 0 Å². The lowest BCUT2D eigenvalue weighted by atomic mass is 10.3. The van der Waals surface area contributed by atoms with E-state index in [1.54, 1.807) is 0 Å². The number of nitrogens with one attached hydrogen (secondary N) is 1. The van der Waals surface area contributed by atoms with Crippen molar-refractivity contribution >= 4 is 16.0 Å². The van der Waals surface area contributed by atoms with Crippen molar-refractivity contribution in [3.8, 4) is 5.75 Å². The van der Waals surface area contributed by atoms with E-state index in [1.165, 1.54) is 6.92 Å². The average molecular weight is 327 g/mol. The molecule has 0 aliphatic carbocycles. The zero-order chi connectivity index (χ0) is 16.3. The molecule has 1 rings (SSSR count). The van der Waals surface area contributed by atoms with Crippen molar-refractivity contribution in [2.75, 3.05) is 0 Å². The van der Waals surface area contributed by atoms with Crippen LogP contribution in [0.3, 0.4) is 0 Å². The number of sulfonamides is 1. The van der Waals surface area contributed by atoms with E-state index in [0.717, 1.165) is 24.3 Å². The Morgan fingerprint density at radius 3 is 2.29 bits per heavy atom. The van der Waals surface area contributed by atoms with Crippen molar-refractivity contribution in [1.29, 1.82) is 0 Å². The molecule has 0 heterocycles. The van der Waals surface area contributed by atoms with Gasteiger partial charge in [-0.25, -0.2) is 13.1 Å². The predicted octanol–water partition coefficient (Wildman–Crippen LogP) is 1.73. The summed E-state index contributed by atoms with van der Waals surface area (Å²) < 4.78 is 65.3. The Morgan fingerprint density at radius 2 is 1.86 bits per heavy atom. The molecule has 0 bridgehead atoms. The van der Waals surface area contributed by atoms with Gasteiger partial charge in [-0.2, -0.15) is 0 Å². The number of hydrogen-bond acceptors (Lipinski definition) is 4. The van der Waals surface area contributed by atoms with Crippen LogP contribution in [0.1, 0.15) is 13.3 Å². The fourth-order valence-electron chi connectivity index (χ4n) is 1.46. The molecule has 0 aliphatic heterocycles. The van der Waals surface area contributed by atoms with Gasteiger partial charge in [0.05, 0.1) is 11.3 Å². The second kappa shape index (κ2) is 6.31. The summed E-state index contributed by atoms with van der Waals surface area (Å²) in [5.74, 6) is -1.74. The lowest BCUT2D eigenvalue weighted by Crippen LogP contribution is -2.34. The highest BCUT2D eigenvalue weighted by Gasteiger charge is 2.31. The minimum atomic E-state index is -4.87. The van der Waals surface area contributed by atoms with Gasteiger partial charge >= 0.3 is 12.3 Å². The zero-order valence-electron chi connectivity index (χ0n) is 10.7. The smallest absolute Gasteiger partial charge is 0.481 e. The van der Waals surface area contributed by atoms with Gasteiger partial charge in [-0.1, -0.05) is 0 Å². The Morgan fingerprint density at radius 1 is 1.33 bits per heavy atom. The number of benzene rings is 1. The first-order chi connectivity index (χ1) is 9.49. The number of carboxylic acid groups (broad SMARTS) is 1. The number of rotatable bonds is 6. The van der Waals surface area contributed by atoms with Gasteiger partial charge in [0.15, 0.2) is 0 Å². The van der Waals surface area contributed by atoms with Crippen molar-refractivity contribution in [3.05, 3.63) is 24.3 Å². The monoisotopic (exact) mass is 327 g/mol. The van der Waals surface area contributed by atoms with Crippen LogP contribution >= 0.6 is 0 Å². The Bertz CT molecular complexity index is 597. The van der Waals surface area contributed by atoms with Crippen LogP contribution in [-0.4, -0.2) is 31.9 Å². The van der Waals surface area contributed by atoms with Gasteiger partial charge in [-0.15, -0.1) is 13.2 Å². The molecule has 0 saturated carbocycles. The van der Waals surface area contributed by atoms with Gasteiger partial charge in [0, 0.05) is 6.04 Å². The lowest BCUT2D eigenvalue weighted by Gasteiger charge is -2.13. The number of hydrogen-bond donors (Lipinski definition) is 2. The third-order valence-corrected chi connectivity index (χ3v) is 3.81. The standard InChI is InChI=1S/C11H12F3NO5S/c1-7(6-10(16)17)15-21(18,19)9-4-2-8(3-5-9)20-11(12,13)14/h2-5,7,15H,6H2,1H3,(H,16,17). The summed E-state index contributed by atoms with van der Waals surface area (Å²) in [6.45, 7) is 1.35. The number of halogens is 3. The maximum atomic E-state index is 12.0. The molecule has 1 atom stereocenters. The minimum Gasteiger partial charge on any atom is -0.481 e. The molecule has 2 N–H and O–H groups in total. The van der Waals surface area contributed by atoms with E-state index < -0.39 is 40.6 Å². The lowest BCUT2D eigenvalue weighted by molar-refractivity contribution is -0.274. The molecule has 0 aliphatic rings. The van der Waals surface area contributed by atoms with Gasteiger partial charge in [-0.05, 0) is 31.2 Å². The van der Waals surface area contributed by atoms with Crippen LogP contribution in [0.25, 0.3) is 0 Å². The van der Waals surface area contributed by atoms with Crippen molar-refractivity contribution in [1.82, 2.24) is 4.72 Å². The normalized spacial score (nSPS) is 13.7. The van der Waals surface area contributed by atoms with E-state index in [2.05, 4.69) is 9.46 Å². The van der Waals surface area contributed by atoms with Crippen LogP contribution in [0.5, 0.6) is 5.75 Å². The summed E-state index contributed by atoms with van der Waals surface area (Å²) in [5.41, 5.74) is 0. The average Bonchev–Trinajstić information content (AvgIpc) is 2.25. The first-order valence-electron chi connectivity index (χ1n) is 5.59. The maximum Gasteiger partial charge on any atom is 0.573 e. The number of aliphatic carboxylic acids is 1. The van der Waals surface area contributed by atoms with Gasteiger partial charge in [0.2, 0.25) is 10.0 Å². The van der Waals surface area contributed by atoms with E-state index in [4.69, 9.17) is 5.11 Å². The molecule has 0 fully saturated rings. The van der Waals surface area contributed by atoms with Crippen molar-refractivity contribution in [2.24, 2.45) is 0 Å². The van der Waals surface area contributed by atoms with Crippen LogP contribution in [0.4, 0.5) is 13.2 Å². The molecule has 6 nitrogen and oxygen atoms in total. The molecule has 21 heavy (non-hydrogen) atoms. The van der Waals surface area contributed by atoms with Crippen LogP contribution in [0.15, 0.2) is 29.2 Å². The Balaban J connectivity index is 2.82. The first kappa shape index (κ1) is 17.2. The Hall–Kier alpha value is -1.81. The number of alkyl halides is 3. The molecule has 0 amide bonds. The molecule has 10 heteroatoms. The summed E-state index contributed by atoms with van der Waals surface area (Å²) in [5, 5.41) is 8.54. The third-order valence-electron chi connectivity index (χ3n) is 2.20. The van der Waals surface area contributed by atoms with E-state index in [0.29, 0.717) is 0 Å². The third kappa shape index (κ3) is 6.00. The second-order valence-electron chi connectivity index (χ2n) is 4.14. The number of ether oxygens (including phenoxy) is 1. The SMILES string of the molecule is CC(CC(=O)O)NS(=O)(=O)c1ccc(OC(F)(F)F)cc1. The highest BCUT2D eigenvalue weighted by Crippen LogP contribution is 2.23. The molecule has 1 unspecified atom stereocenters. The molecule has 1 aromatic carbocycles. The zero-order valence-corrected chi connectivity index (χ0v) is 11.5. The number of carbonyl (C=O) groups is 1. The van der Waals surface area contributed by atoms with Gasteiger partial charge in [-0.3, -0.25) is 4.79 Å². The second-order valence-corrected chi connectivity index (χ2v) is 5.85. The quantitative estimate of drug-likeness (QED) is 0.830. The predicted molar refractivity (Wildman–Crippen MR) is 65.2 cm³/mol. The fraction of sp³-hybridized carbons (Fsp3) is 0.364. The van der Waals surface area contributed by atoms with Gasteiger partial charge < -0.3 is 9.84 Å². The summed E-state index contributed by atoms with van der Waals surface area (Å²) in [6.07, 6.45) is -5.29. The van der Waals surface area contributed by atoms with E-state index in [9.17, 15) is 26.4 Å². The molecule has 1 aromatic rings. The highest BCUT2D eigenvalue weighted by molar-refractivity contribution is 7.89. The van der Waals surface area contributed by atoms with Crippen molar-refractivity contribution < 1.29 is 36.2 Å². The van der Waals surface area contributed by atoms with E-state index in [-0.39, 0.29) is 4.90 Å². The molecular weight excluding hydrogens is 315 g/mol. The van der Waals surface area contributed by atoms with E-state index >= 15 is 0 Å². The summed E-state index contributed by atoms with van der Waals surface area (Å²) in [7, 11) is -4.02. The molecular formula is C11H12F3NO5S.